The standard InChI is InChI=1S/C7H13N5OS/c1-12(3-4-14-2)6(13)5-9-7(8)11-10-5/h3-4H2,1-2H3,(H3,8,9,10,11). The maximum Gasteiger partial charge on any atom is 0.291 e. The molecule has 3 N–H and O–H groups in total. The summed E-state index contributed by atoms with van der Waals surface area (Å²) in [4.78, 5) is 16.9. The normalized spacial score (nSPS) is 10.1. The van der Waals surface area contributed by atoms with Gasteiger partial charge in [-0.05, 0) is 6.26 Å². The molecule has 1 amide bonds. The molecule has 0 aliphatic rings. The number of rotatable bonds is 4. The lowest BCUT2D eigenvalue weighted by Gasteiger charge is -2.13. The van der Waals surface area contributed by atoms with Crippen molar-refractivity contribution in [1.29, 1.82) is 0 Å². The summed E-state index contributed by atoms with van der Waals surface area (Å²) in [6.07, 6.45) is 1.99. The number of H-pyrrole nitrogens is 1. The first-order chi connectivity index (χ1) is 6.65. The monoisotopic (exact) mass is 215 g/mol. The van der Waals surface area contributed by atoms with Crippen LogP contribution in [0.25, 0.3) is 0 Å². The fourth-order valence-corrected chi connectivity index (χ4v) is 1.34. The van der Waals surface area contributed by atoms with E-state index in [-0.39, 0.29) is 17.7 Å². The van der Waals surface area contributed by atoms with E-state index in [0.29, 0.717) is 6.54 Å². The fraction of sp³-hybridized carbons (Fsp3) is 0.571. The van der Waals surface area contributed by atoms with Crippen LogP contribution in [-0.4, -0.2) is 51.6 Å². The maximum atomic E-state index is 11.6. The van der Waals surface area contributed by atoms with Crippen LogP contribution in [0.15, 0.2) is 0 Å². The molecule has 0 aliphatic heterocycles. The number of nitrogen functional groups attached to an aromatic ring is 1. The first kappa shape index (κ1) is 10.8. The molecule has 1 aromatic rings. The van der Waals surface area contributed by atoms with Crippen LogP contribution in [-0.2, 0) is 0 Å². The van der Waals surface area contributed by atoms with Gasteiger partial charge in [-0.2, -0.15) is 16.7 Å². The predicted octanol–water partition coefficient (Wildman–Crippen LogP) is -0.178. The molecule has 1 rings (SSSR count). The highest BCUT2D eigenvalue weighted by atomic mass is 32.2. The summed E-state index contributed by atoms with van der Waals surface area (Å²) in [5.74, 6) is 0.979. The Labute approximate surface area is 86.3 Å². The lowest BCUT2D eigenvalue weighted by atomic mass is 10.5. The van der Waals surface area contributed by atoms with Gasteiger partial charge >= 0.3 is 0 Å². The number of anilines is 1. The first-order valence-corrected chi connectivity index (χ1v) is 5.47. The topological polar surface area (TPSA) is 87.9 Å². The van der Waals surface area contributed by atoms with Gasteiger partial charge in [-0.15, -0.1) is 5.10 Å². The van der Waals surface area contributed by atoms with Gasteiger partial charge in [-0.25, -0.2) is 0 Å². The zero-order valence-corrected chi connectivity index (χ0v) is 8.97. The van der Waals surface area contributed by atoms with E-state index in [1.165, 1.54) is 0 Å². The van der Waals surface area contributed by atoms with Crippen molar-refractivity contribution in [3.05, 3.63) is 5.82 Å². The number of nitrogens with one attached hydrogen (secondary N) is 1. The van der Waals surface area contributed by atoms with Crippen LogP contribution in [0.3, 0.4) is 0 Å². The molecule has 7 heteroatoms. The molecule has 0 saturated carbocycles. The summed E-state index contributed by atoms with van der Waals surface area (Å²) in [6.45, 7) is 0.681. The molecular formula is C7H13N5OS. The van der Waals surface area contributed by atoms with Gasteiger partial charge < -0.3 is 10.6 Å². The van der Waals surface area contributed by atoms with Crippen LogP contribution in [0.1, 0.15) is 10.6 Å². The van der Waals surface area contributed by atoms with Crippen LogP contribution in [0, 0.1) is 0 Å². The van der Waals surface area contributed by atoms with Crippen molar-refractivity contribution in [3.8, 4) is 0 Å². The highest BCUT2D eigenvalue weighted by molar-refractivity contribution is 7.98. The second-order valence-corrected chi connectivity index (χ2v) is 3.75. The molecule has 0 atom stereocenters. The SMILES string of the molecule is CSCCN(C)C(=O)c1nc(N)n[nH]1. The zero-order valence-electron chi connectivity index (χ0n) is 8.15. The van der Waals surface area contributed by atoms with Crippen molar-refractivity contribution in [2.75, 3.05) is 31.3 Å². The third kappa shape index (κ3) is 2.63. The second kappa shape index (κ2) is 4.85. The molecule has 1 heterocycles. The molecule has 0 spiro atoms. The summed E-state index contributed by atoms with van der Waals surface area (Å²) >= 11 is 1.68. The number of aromatic nitrogens is 3. The van der Waals surface area contributed by atoms with Gasteiger partial charge in [0.25, 0.3) is 5.91 Å². The Morgan fingerprint density at radius 2 is 2.43 bits per heavy atom. The van der Waals surface area contributed by atoms with E-state index in [2.05, 4.69) is 15.2 Å². The molecule has 0 bridgehead atoms. The minimum absolute atomic E-state index is 0.0895. The summed E-state index contributed by atoms with van der Waals surface area (Å²) in [5, 5.41) is 6.07. The van der Waals surface area contributed by atoms with Crippen LogP contribution in [0.4, 0.5) is 5.95 Å². The Balaban J connectivity index is 2.56. The summed E-state index contributed by atoms with van der Waals surface area (Å²) in [5.41, 5.74) is 5.29. The Kier molecular flexibility index (Phi) is 3.75. The molecule has 6 nitrogen and oxygen atoms in total. The van der Waals surface area contributed by atoms with Crippen LogP contribution >= 0.6 is 11.8 Å². The number of carbonyl (C=O) groups is 1. The van der Waals surface area contributed by atoms with Crippen molar-refractivity contribution in [2.24, 2.45) is 0 Å². The molecule has 78 valence electrons. The van der Waals surface area contributed by atoms with E-state index in [0.717, 1.165) is 5.75 Å². The molecule has 0 unspecified atom stereocenters. The van der Waals surface area contributed by atoms with Crippen molar-refractivity contribution >= 4 is 23.6 Å². The lowest BCUT2D eigenvalue weighted by Crippen LogP contribution is -2.29. The van der Waals surface area contributed by atoms with E-state index < -0.39 is 0 Å². The van der Waals surface area contributed by atoms with E-state index in [9.17, 15) is 4.79 Å². The summed E-state index contributed by atoms with van der Waals surface area (Å²) in [7, 11) is 1.72. The van der Waals surface area contributed by atoms with Gasteiger partial charge in [0.05, 0.1) is 0 Å². The quantitative estimate of drug-likeness (QED) is 0.727. The molecule has 0 fully saturated rings. The van der Waals surface area contributed by atoms with Gasteiger partial charge in [0.2, 0.25) is 11.8 Å². The summed E-state index contributed by atoms with van der Waals surface area (Å²) in [6, 6.07) is 0. The Hall–Kier alpha value is -1.24. The molecular weight excluding hydrogens is 202 g/mol. The molecule has 0 saturated heterocycles. The number of thioether (sulfide) groups is 1. The number of aromatic amines is 1. The molecule has 0 aliphatic carbocycles. The Morgan fingerprint density at radius 3 is 2.93 bits per heavy atom. The summed E-state index contributed by atoms with van der Waals surface area (Å²) < 4.78 is 0. The third-order valence-electron chi connectivity index (χ3n) is 1.68. The number of hydrogen-bond donors (Lipinski definition) is 2. The Bertz CT molecular complexity index is 313. The van der Waals surface area contributed by atoms with Gasteiger partial charge in [-0.1, -0.05) is 0 Å². The number of amides is 1. The number of nitrogens with two attached hydrogens (primary N) is 1. The van der Waals surface area contributed by atoms with Crippen LogP contribution in [0.5, 0.6) is 0 Å². The number of nitrogens with zero attached hydrogens (tertiary/aromatic N) is 3. The zero-order chi connectivity index (χ0) is 10.6. The minimum atomic E-state index is -0.191. The average molecular weight is 215 g/mol. The van der Waals surface area contributed by atoms with Gasteiger partial charge in [-0.3, -0.25) is 9.89 Å². The average Bonchev–Trinajstić information content (AvgIpc) is 2.60. The van der Waals surface area contributed by atoms with Gasteiger partial charge in [0.1, 0.15) is 0 Å². The second-order valence-electron chi connectivity index (χ2n) is 2.76. The van der Waals surface area contributed by atoms with Crippen LogP contribution < -0.4 is 5.73 Å². The number of hydrogen-bond acceptors (Lipinski definition) is 5. The molecule has 0 aromatic carbocycles. The van der Waals surface area contributed by atoms with E-state index >= 15 is 0 Å². The largest absolute Gasteiger partial charge is 0.366 e. The highest BCUT2D eigenvalue weighted by Crippen LogP contribution is 2.00. The van der Waals surface area contributed by atoms with Crippen molar-refractivity contribution in [1.82, 2.24) is 20.1 Å². The van der Waals surface area contributed by atoms with E-state index in [4.69, 9.17) is 5.73 Å². The predicted molar refractivity (Wildman–Crippen MR) is 56.1 cm³/mol. The first-order valence-electron chi connectivity index (χ1n) is 4.07. The molecule has 14 heavy (non-hydrogen) atoms. The van der Waals surface area contributed by atoms with E-state index in [1.54, 1.807) is 23.7 Å². The maximum absolute atomic E-state index is 11.6. The molecule has 1 aromatic heterocycles. The van der Waals surface area contributed by atoms with Crippen molar-refractivity contribution in [2.45, 2.75) is 0 Å². The smallest absolute Gasteiger partial charge is 0.291 e. The van der Waals surface area contributed by atoms with E-state index in [1.807, 2.05) is 6.26 Å². The highest BCUT2D eigenvalue weighted by Gasteiger charge is 2.14. The van der Waals surface area contributed by atoms with Crippen molar-refractivity contribution < 1.29 is 4.79 Å². The van der Waals surface area contributed by atoms with Gasteiger partial charge in [0, 0.05) is 19.3 Å². The lowest BCUT2D eigenvalue weighted by molar-refractivity contribution is 0.0792. The van der Waals surface area contributed by atoms with Gasteiger partial charge in [0.15, 0.2) is 0 Å². The minimum Gasteiger partial charge on any atom is -0.366 e. The molecule has 0 radical (unpaired) electrons. The fourth-order valence-electron chi connectivity index (χ4n) is 0.881. The van der Waals surface area contributed by atoms with Crippen LogP contribution in [0.2, 0.25) is 0 Å². The van der Waals surface area contributed by atoms with Crippen molar-refractivity contribution in [3.63, 3.8) is 0 Å². The third-order valence-corrected chi connectivity index (χ3v) is 2.27. The number of carbonyl (C=O) groups excluding carboxylic acids is 1. The Morgan fingerprint density at radius 1 is 1.71 bits per heavy atom.